The molecule has 1 aromatic heterocycles. The van der Waals surface area contributed by atoms with Crippen LogP contribution in [-0.2, 0) is 6.54 Å². The molecule has 1 heterocycles. The molecule has 0 radical (unpaired) electrons. The molecule has 0 spiro atoms. The van der Waals surface area contributed by atoms with Crippen LogP contribution in [0.1, 0.15) is 32.3 Å². The van der Waals surface area contributed by atoms with Crippen LogP contribution in [-0.4, -0.2) is 26.3 Å². The van der Waals surface area contributed by atoms with Crippen molar-refractivity contribution in [2.75, 3.05) is 0 Å². The fourth-order valence-corrected chi connectivity index (χ4v) is 1.59. The molecular formula is C11H18N6O3. The zero-order valence-electron chi connectivity index (χ0n) is 11.4. The minimum Gasteiger partial charge on any atom is -0.494 e. The Hall–Kier alpha value is -2.58. The minimum atomic E-state index is -0.743. The molecule has 0 bridgehead atoms. The lowest BCUT2D eigenvalue weighted by atomic mass is 10.2. The van der Waals surface area contributed by atoms with Gasteiger partial charge >= 0.3 is 5.69 Å². The zero-order valence-corrected chi connectivity index (χ0v) is 11.4. The monoisotopic (exact) mass is 282 g/mol. The number of hydrogen-bond donors (Lipinski definition) is 4. The SMILES string of the molecule is CCCCn1c(O)c(/C(C)=N/N=C(N)N)c(=O)[nH]c1=O. The average molecular weight is 282 g/mol. The number of aromatic nitrogens is 2. The van der Waals surface area contributed by atoms with E-state index in [0.29, 0.717) is 13.0 Å². The zero-order chi connectivity index (χ0) is 15.3. The van der Waals surface area contributed by atoms with Gasteiger partial charge in [0.25, 0.3) is 5.56 Å². The third-order valence-corrected chi connectivity index (χ3v) is 2.58. The van der Waals surface area contributed by atoms with Gasteiger partial charge in [0.1, 0.15) is 5.56 Å². The fourth-order valence-electron chi connectivity index (χ4n) is 1.59. The molecule has 0 unspecified atom stereocenters. The van der Waals surface area contributed by atoms with Gasteiger partial charge < -0.3 is 16.6 Å². The van der Waals surface area contributed by atoms with Crippen molar-refractivity contribution in [2.24, 2.45) is 21.7 Å². The van der Waals surface area contributed by atoms with Crippen LogP contribution in [0.2, 0.25) is 0 Å². The number of nitrogens with one attached hydrogen (secondary N) is 1. The molecule has 0 aliphatic carbocycles. The van der Waals surface area contributed by atoms with E-state index < -0.39 is 17.1 Å². The molecule has 0 atom stereocenters. The summed E-state index contributed by atoms with van der Waals surface area (Å²) in [6, 6.07) is 0. The standard InChI is InChI=1S/C11H18N6O3/c1-3-4-5-17-9(19)7(8(18)14-11(17)20)6(2)15-16-10(12)13/h19H,3-5H2,1-2H3,(H4,12,13,16)(H,14,18,20)/b15-6+. The summed E-state index contributed by atoms with van der Waals surface area (Å²) < 4.78 is 1.08. The predicted molar refractivity (Wildman–Crippen MR) is 75.9 cm³/mol. The summed E-state index contributed by atoms with van der Waals surface area (Å²) in [6.45, 7) is 3.69. The van der Waals surface area contributed by atoms with Gasteiger partial charge in [0, 0.05) is 6.54 Å². The van der Waals surface area contributed by atoms with Crippen LogP contribution in [0.25, 0.3) is 0 Å². The number of nitrogens with two attached hydrogens (primary N) is 2. The van der Waals surface area contributed by atoms with E-state index in [-0.39, 0.29) is 17.2 Å². The largest absolute Gasteiger partial charge is 0.494 e. The number of nitrogens with zero attached hydrogens (tertiary/aromatic N) is 3. The number of hydrogen-bond acceptors (Lipinski definition) is 5. The van der Waals surface area contributed by atoms with Crippen molar-refractivity contribution in [1.29, 1.82) is 0 Å². The van der Waals surface area contributed by atoms with Crippen molar-refractivity contribution in [2.45, 2.75) is 33.2 Å². The van der Waals surface area contributed by atoms with Gasteiger partial charge in [-0.3, -0.25) is 14.3 Å². The first kappa shape index (κ1) is 15.5. The van der Waals surface area contributed by atoms with Gasteiger partial charge in [-0.15, -0.1) is 5.10 Å². The molecule has 0 saturated carbocycles. The summed E-state index contributed by atoms with van der Waals surface area (Å²) in [5, 5.41) is 17.1. The lowest BCUT2D eigenvalue weighted by Crippen LogP contribution is -2.33. The number of aromatic amines is 1. The summed E-state index contributed by atoms with van der Waals surface area (Å²) >= 11 is 0. The van der Waals surface area contributed by atoms with Crippen LogP contribution >= 0.6 is 0 Å². The van der Waals surface area contributed by atoms with Gasteiger partial charge in [0.2, 0.25) is 11.8 Å². The molecule has 0 aliphatic heterocycles. The molecule has 1 rings (SSSR count). The predicted octanol–water partition coefficient (Wildman–Crippen LogP) is -0.960. The van der Waals surface area contributed by atoms with E-state index in [1.165, 1.54) is 6.92 Å². The molecule has 0 aromatic carbocycles. The first-order valence-corrected chi connectivity index (χ1v) is 6.08. The molecular weight excluding hydrogens is 264 g/mol. The highest BCUT2D eigenvalue weighted by Crippen LogP contribution is 2.12. The first-order valence-electron chi connectivity index (χ1n) is 6.08. The second-order valence-corrected chi connectivity index (χ2v) is 4.17. The quantitative estimate of drug-likeness (QED) is 0.311. The Labute approximate surface area is 114 Å². The number of unbranched alkanes of at least 4 members (excludes halogenated alkanes) is 1. The molecule has 6 N–H and O–H groups in total. The second-order valence-electron chi connectivity index (χ2n) is 4.17. The van der Waals surface area contributed by atoms with Crippen LogP contribution in [0.15, 0.2) is 19.8 Å². The summed E-state index contributed by atoms with van der Waals surface area (Å²) in [4.78, 5) is 25.5. The highest BCUT2D eigenvalue weighted by Gasteiger charge is 2.16. The highest BCUT2D eigenvalue weighted by atomic mass is 16.3. The van der Waals surface area contributed by atoms with Gasteiger partial charge in [-0.1, -0.05) is 13.3 Å². The Kier molecular flexibility index (Phi) is 5.07. The van der Waals surface area contributed by atoms with E-state index in [1.807, 2.05) is 6.92 Å². The summed E-state index contributed by atoms with van der Waals surface area (Å²) in [6.07, 6.45) is 1.52. The smallest absolute Gasteiger partial charge is 0.331 e. The number of H-pyrrole nitrogens is 1. The maximum absolute atomic E-state index is 11.8. The molecule has 0 saturated heterocycles. The summed E-state index contributed by atoms with van der Waals surface area (Å²) in [5.74, 6) is -0.723. The van der Waals surface area contributed by atoms with E-state index in [9.17, 15) is 14.7 Å². The number of rotatable bonds is 5. The Morgan fingerprint density at radius 2 is 2.00 bits per heavy atom. The molecule has 0 amide bonds. The first-order chi connectivity index (χ1) is 9.38. The van der Waals surface area contributed by atoms with Gasteiger partial charge in [0.05, 0.1) is 5.71 Å². The minimum absolute atomic E-state index is 0.0994. The molecule has 9 heteroatoms. The van der Waals surface area contributed by atoms with Crippen LogP contribution in [0.5, 0.6) is 5.88 Å². The highest BCUT2D eigenvalue weighted by molar-refractivity contribution is 6.00. The summed E-state index contributed by atoms with van der Waals surface area (Å²) in [5.41, 5.74) is 8.82. The molecule has 20 heavy (non-hydrogen) atoms. The maximum atomic E-state index is 11.8. The van der Waals surface area contributed by atoms with Gasteiger partial charge in [0.15, 0.2) is 0 Å². The fraction of sp³-hybridized carbons (Fsp3) is 0.455. The van der Waals surface area contributed by atoms with Crippen molar-refractivity contribution < 1.29 is 5.11 Å². The van der Waals surface area contributed by atoms with Gasteiger partial charge in [-0.05, 0) is 13.3 Å². The lowest BCUT2D eigenvalue weighted by Gasteiger charge is -2.10. The van der Waals surface area contributed by atoms with E-state index in [0.717, 1.165) is 11.0 Å². The van der Waals surface area contributed by atoms with Crippen molar-refractivity contribution in [3.63, 3.8) is 0 Å². The van der Waals surface area contributed by atoms with Gasteiger partial charge in [-0.2, -0.15) is 5.10 Å². The lowest BCUT2D eigenvalue weighted by molar-refractivity contribution is 0.394. The Morgan fingerprint density at radius 1 is 1.35 bits per heavy atom. The normalized spacial score (nSPS) is 11.4. The molecule has 0 aliphatic rings. The van der Waals surface area contributed by atoms with Crippen LogP contribution in [0, 0.1) is 0 Å². The second kappa shape index (κ2) is 6.55. The van der Waals surface area contributed by atoms with E-state index in [2.05, 4.69) is 15.2 Å². The number of aromatic hydroxyl groups is 1. The van der Waals surface area contributed by atoms with Crippen molar-refractivity contribution in [3.8, 4) is 5.88 Å². The summed E-state index contributed by atoms with van der Waals surface area (Å²) in [7, 11) is 0. The molecule has 1 aromatic rings. The molecule has 110 valence electrons. The van der Waals surface area contributed by atoms with E-state index >= 15 is 0 Å². The van der Waals surface area contributed by atoms with Crippen LogP contribution < -0.4 is 22.7 Å². The maximum Gasteiger partial charge on any atom is 0.331 e. The van der Waals surface area contributed by atoms with E-state index in [4.69, 9.17) is 11.5 Å². The Morgan fingerprint density at radius 3 is 2.55 bits per heavy atom. The van der Waals surface area contributed by atoms with Crippen molar-refractivity contribution in [1.82, 2.24) is 9.55 Å². The third-order valence-electron chi connectivity index (χ3n) is 2.58. The molecule has 0 fully saturated rings. The third kappa shape index (κ3) is 3.46. The van der Waals surface area contributed by atoms with E-state index in [1.54, 1.807) is 0 Å². The van der Waals surface area contributed by atoms with Crippen molar-refractivity contribution >= 4 is 11.7 Å². The van der Waals surface area contributed by atoms with Crippen LogP contribution in [0.3, 0.4) is 0 Å². The Bertz CT molecular complexity index is 651. The molecule has 9 nitrogen and oxygen atoms in total. The average Bonchev–Trinajstić information content (AvgIpc) is 2.35. The van der Waals surface area contributed by atoms with Crippen molar-refractivity contribution in [3.05, 3.63) is 26.4 Å². The topological polar surface area (TPSA) is 152 Å². The number of guanidine groups is 1. The van der Waals surface area contributed by atoms with Crippen LogP contribution in [0.4, 0.5) is 0 Å². The Balaban J connectivity index is 3.40. The van der Waals surface area contributed by atoms with Gasteiger partial charge in [-0.25, -0.2) is 4.79 Å².